The lowest BCUT2D eigenvalue weighted by molar-refractivity contribution is -0.120. The molecule has 0 aliphatic rings. The van der Waals surface area contributed by atoms with Crippen molar-refractivity contribution in [2.24, 2.45) is 5.92 Å². The molecule has 1 amide bonds. The zero-order valence-corrected chi connectivity index (χ0v) is 20.2. The van der Waals surface area contributed by atoms with Gasteiger partial charge in [-0.1, -0.05) is 26.0 Å². The lowest BCUT2D eigenvalue weighted by Crippen LogP contribution is -2.42. The van der Waals surface area contributed by atoms with Crippen LogP contribution in [-0.2, 0) is 14.8 Å². The summed E-state index contributed by atoms with van der Waals surface area (Å²) in [6.45, 7) is 3.74. The van der Waals surface area contributed by atoms with Crippen LogP contribution in [0, 0.1) is 5.92 Å². The smallest absolute Gasteiger partial charge is 0.241 e. The first-order valence-electron chi connectivity index (χ1n) is 10.2. The zero-order chi connectivity index (χ0) is 23.9. The van der Waals surface area contributed by atoms with Gasteiger partial charge in [0.15, 0.2) is 0 Å². The first kappa shape index (κ1) is 25.3. The molecule has 2 rings (SSSR count). The highest BCUT2D eigenvalue weighted by molar-refractivity contribution is 7.92. The van der Waals surface area contributed by atoms with E-state index in [1.54, 1.807) is 25.3 Å². The Kier molecular flexibility index (Phi) is 8.77. The van der Waals surface area contributed by atoms with E-state index in [1.807, 2.05) is 24.3 Å². The summed E-state index contributed by atoms with van der Waals surface area (Å²) in [6.07, 6.45) is 1.75. The molecule has 0 bridgehead atoms. The fourth-order valence-corrected chi connectivity index (χ4v) is 4.19. The van der Waals surface area contributed by atoms with Crippen LogP contribution in [0.2, 0.25) is 0 Å². The number of carbonyl (C=O) groups excluding carboxylic acids is 1. The number of carbonyl (C=O) groups is 1. The second-order valence-corrected chi connectivity index (χ2v) is 9.74. The predicted molar refractivity (Wildman–Crippen MR) is 125 cm³/mol. The van der Waals surface area contributed by atoms with Gasteiger partial charge in [0.05, 0.1) is 39.3 Å². The molecule has 0 heterocycles. The summed E-state index contributed by atoms with van der Waals surface area (Å²) >= 11 is 0. The van der Waals surface area contributed by atoms with Crippen molar-refractivity contribution < 1.29 is 27.4 Å². The highest BCUT2D eigenvalue weighted by Crippen LogP contribution is 2.33. The Morgan fingerprint density at radius 1 is 0.969 bits per heavy atom. The molecule has 9 heteroatoms. The normalized spacial score (nSPS) is 12.2. The van der Waals surface area contributed by atoms with Gasteiger partial charge in [-0.05, 0) is 42.2 Å². The van der Waals surface area contributed by atoms with Crippen LogP contribution in [0.25, 0.3) is 0 Å². The molecule has 0 aromatic heterocycles. The third kappa shape index (κ3) is 6.78. The third-order valence-corrected chi connectivity index (χ3v) is 6.03. The quantitative estimate of drug-likeness (QED) is 0.548. The van der Waals surface area contributed by atoms with Crippen LogP contribution >= 0.6 is 0 Å². The average molecular weight is 465 g/mol. The Morgan fingerprint density at radius 2 is 1.56 bits per heavy atom. The van der Waals surface area contributed by atoms with Gasteiger partial charge in [0, 0.05) is 6.07 Å². The number of amides is 1. The van der Waals surface area contributed by atoms with Crippen LogP contribution in [-0.4, -0.2) is 48.5 Å². The van der Waals surface area contributed by atoms with Crippen LogP contribution in [0.15, 0.2) is 42.5 Å². The molecule has 32 heavy (non-hydrogen) atoms. The molecular weight excluding hydrogens is 432 g/mol. The second kappa shape index (κ2) is 11.1. The van der Waals surface area contributed by atoms with Crippen LogP contribution in [0.5, 0.6) is 17.2 Å². The number of benzene rings is 2. The maximum atomic E-state index is 13.0. The molecule has 176 valence electrons. The van der Waals surface area contributed by atoms with Crippen molar-refractivity contribution >= 4 is 21.6 Å². The molecule has 0 saturated heterocycles. The maximum absolute atomic E-state index is 13.0. The van der Waals surface area contributed by atoms with Crippen molar-refractivity contribution in [2.75, 3.05) is 38.4 Å². The van der Waals surface area contributed by atoms with E-state index in [4.69, 9.17) is 14.2 Å². The van der Waals surface area contributed by atoms with Gasteiger partial charge >= 0.3 is 0 Å². The van der Waals surface area contributed by atoms with E-state index in [2.05, 4.69) is 19.2 Å². The molecule has 8 nitrogen and oxygen atoms in total. The number of nitrogens with zero attached hydrogens (tertiary/aromatic N) is 1. The summed E-state index contributed by atoms with van der Waals surface area (Å²) in [4.78, 5) is 13.0. The average Bonchev–Trinajstić information content (AvgIpc) is 2.75. The minimum Gasteiger partial charge on any atom is -0.497 e. The largest absolute Gasteiger partial charge is 0.497 e. The molecular formula is C23H32N2O6S. The molecule has 2 aromatic carbocycles. The number of sulfonamides is 1. The van der Waals surface area contributed by atoms with Gasteiger partial charge in [-0.15, -0.1) is 0 Å². The second-order valence-electron chi connectivity index (χ2n) is 7.83. The van der Waals surface area contributed by atoms with Gasteiger partial charge in [0.2, 0.25) is 15.9 Å². The molecule has 0 aliphatic carbocycles. The Morgan fingerprint density at radius 3 is 2.06 bits per heavy atom. The van der Waals surface area contributed by atoms with Crippen LogP contribution in [0.1, 0.15) is 31.9 Å². The summed E-state index contributed by atoms with van der Waals surface area (Å²) in [5.41, 5.74) is 1.18. The van der Waals surface area contributed by atoms with Crippen molar-refractivity contribution in [1.29, 1.82) is 0 Å². The summed E-state index contributed by atoms with van der Waals surface area (Å²) in [5.74, 6) is 1.42. The summed E-state index contributed by atoms with van der Waals surface area (Å²) in [6, 6.07) is 11.9. The topological polar surface area (TPSA) is 94.2 Å². The van der Waals surface area contributed by atoms with E-state index in [1.165, 1.54) is 14.2 Å². The van der Waals surface area contributed by atoms with Gasteiger partial charge in [-0.3, -0.25) is 9.10 Å². The highest BCUT2D eigenvalue weighted by atomic mass is 32.2. The van der Waals surface area contributed by atoms with Gasteiger partial charge in [-0.2, -0.15) is 0 Å². The Bertz CT molecular complexity index is 1010. The van der Waals surface area contributed by atoms with E-state index in [0.717, 1.165) is 21.9 Å². The van der Waals surface area contributed by atoms with E-state index in [-0.39, 0.29) is 24.0 Å². The number of hydrogen-bond donors (Lipinski definition) is 1. The standard InChI is InChI=1S/C23H32N2O6S/c1-16(2)13-20(17-7-9-18(29-3)10-8-17)24-23(26)15-25(32(6,27)28)21-12-11-19(30-4)14-22(21)31-5/h7-12,14,16,20H,13,15H2,1-6H3,(H,24,26)/t20-/m1/s1. The Labute approximate surface area is 190 Å². The van der Waals surface area contributed by atoms with E-state index in [0.29, 0.717) is 18.1 Å². The molecule has 1 N–H and O–H groups in total. The van der Waals surface area contributed by atoms with Gasteiger partial charge in [0.1, 0.15) is 23.8 Å². The molecule has 0 unspecified atom stereocenters. The van der Waals surface area contributed by atoms with Gasteiger partial charge < -0.3 is 19.5 Å². The van der Waals surface area contributed by atoms with Crippen molar-refractivity contribution in [3.8, 4) is 17.2 Å². The number of nitrogens with one attached hydrogen (secondary N) is 1. The van der Waals surface area contributed by atoms with Crippen molar-refractivity contribution in [2.45, 2.75) is 26.3 Å². The monoisotopic (exact) mass is 464 g/mol. The summed E-state index contributed by atoms with van der Waals surface area (Å²) in [7, 11) is 0.766. The van der Waals surface area contributed by atoms with E-state index in [9.17, 15) is 13.2 Å². The van der Waals surface area contributed by atoms with Crippen LogP contribution < -0.4 is 23.8 Å². The lowest BCUT2D eigenvalue weighted by atomic mass is 9.97. The minimum atomic E-state index is -3.76. The van der Waals surface area contributed by atoms with E-state index < -0.39 is 15.9 Å². The predicted octanol–water partition coefficient (Wildman–Crippen LogP) is 3.38. The molecule has 1 atom stereocenters. The summed E-state index contributed by atoms with van der Waals surface area (Å²) < 4.78 is 41.8. The number of rotatable bonds is 11. The first-order chi connectivity index (χ1) is 15.1. The zero-order valence-electron chi connectivity index (χ0n) is 19.4. The minimum absolute atomic E-state index is 0.260. The number of hydrogen-bond acceptors (Lipinski definition) is 6. The molecule has 2 aromatic rings. The van der Waals surface area contributed by atoms with Crippen LogP contribution in [0.3, 0.4) is 0 Å². The fourth-order valence-electron chi connectivity index (χ4n) is 3.33. The van der Waals surface area contributed by atoms with Gasteiger partial charge in [0.25, 0.3) is 0 Å². The summed E-state index contributed by atoms with van der Waals surface area (Å²) in [5, 5.41) is 2.98. The van der Waals surface area contributed by atoms with Crippen molar-refractivity contribution in [1.82, 2.24) is 5.32 Å². The van der Waals surface area contributed by atoms with Crippen molar-refractivity contribution in [3.63, 3.8) is 0 Å². The van der Waals surface area contributed by atoms with Gasteiger partial charge in [-0.25, -0.2) is 8.42 Å². The van der Waals surface area contributed by atoms with Crippen LogP contribution in [0.4, 0.5) is 5.69 Å². The molecule has 0 aliphatic heterocycles. The number of anilines is 1. The maximum Gasteiger partial charge on any atom is 0.241 e. The molecule has 0 radical (unpaired) electrons. The first-order valence-corrected chi connectivity index (χ1v) is 12.1. The van der Waals surface area contributed by atoms with E-state index >= 15 is 0 Å². The highest BCUT2D eigenvalue weighted by Gasteiger charge is 2.26. The molecule has 0 spiro atoms. The number of ether oxygens (including phenoxy) is 3. The lowest BCUT2D eigenvalue weighted by Gasteiger charge is -2.26. The molecule has 0 saturated carbocycles. The fraction of sp³-hybridized carbons (Fsp3) is 0.435. The van der Waals surface area contributed by atoms with Crippen molar-refractivity contribution in [3.05, 3.63) is 48.0 Å². The SMILES string of the molecule is COc1ccc([C@@H](CC(C)C)NC(=O)CN(c2ccc(OC)cc2OC)S(C)(=O)=O)cc1. The third-order valence-electron chi connectivity index (χ3n) is 4.90. The Balaban J connectivity index is 2.30. The number of methoxy groups -OCH3 is 3. The molecule has 0 fully saturated rings. The Hall–Kier alpha value is -2.94.